The van der Waals surface area contributed by atoms with E-state index in [0.717, 1.165) is 0 Å². The number of hydrogen-bond donors (Lipinski definition) is 1. The van der Waals surface area contributed by atoms with Gasteiger partial charge in [-0.2, -0.15) is 13.2 Å². The standard InChI is InChI=1S/C14H18F4N2O.2ClH/c1-21-13-10(3-2-4-11(13)15)12(9-14(16,17)18)20-7-5-19-6-8-20;;/h2-4,12,19H,5-9H2,1H3;2*1H/t12-;;/m0../s1. The molecule has 0 bridgehead atoms. The zero-order valence-electron chi connectivity index (χ0n) is 12.5. The minimum absolute atomic E-state index is 0. The van der Waals surface area contributed by atoms with E-state index >= 15 is 0 Å². The average Bonchev–Trinajstić information content (AvgIpc) is 2.44. The Morgan fingerprint density at radius 2 is 1.83 bits per heavy atom. The van der Waals surface area contributed by atoms with Crippen LogP contribution in [0.2, 0.25) is 0 Å². The number of alkyl halides is 3. The summed E-state index contributed by atoms with van der Waals surface area (Å²) in [5, 5.41) is 3.10. The lowest BCUT2D eigenvalue weighted by atomic mass is 9.99. The first kappa shape index (κ1) is 22.2. The highest BCUT2D eigenvalue weighted by atomic mass is 35.5. The van der Waals surface area contributed by atoms with Gasteiger partial charge >= 0.3 is 6.18 Å². The number of rotatable bonds is 4. The van der Waals surface area contributed by atoms with Crippen molar-refractivity contribution in [2.75, 3.05) is 33.3 Å². The fraction of sp³-hybridized carbons (Fsp3) is 0.571. The second-order valence-corrected chi connectivity index (χ2v) is 4.98. The number of ether oxygens (including phenoxy) is 1. The molecule has 0 aromatic heterocycles. The van der Waals surface area contributed by atoms with Crippen molar-refractivity contribution < 1.29 is 22.3 Å². The summed E-state index contributed by atoms with van der Waals surface area (Å²) < 4.78 is 57.5. The lowest BCUT2D eigenvalue weighted by Gasteiger charge is -2.36. The number of nitrogens with zero attached hydrogens (tertiary/aromatic N) is 1. The molecule has 0 amide bonds. The summed E-state index contributed by atoms with van der Waals surface area (Å²) in [6.07, 6.45) is -5.35. The summed E-state index contributed by atoms with van der Waals surface area (Å²) in [6.45, 7) is 2.21. The third-order valence-corrected chi connectivity index (χ3v) is 3.58. The molecule has 1 fully saturated rings. The van der Waals surface area contributed by atoms with Crippen molar-refractivity contribution in [2.45, 2.75) is 18.6 Å². The van der Waals surface area contributed by atoms with Gasteiger partial charge in [0.1, 0.15) is 0 Å². The van der Waals surface area contributed by atoms with Gasteiger partial charge in [-0.1, -0.05) is 12.1 Å². The second-order valence-electron chi connectivity index (χ2n) is 4.98. The largest absolute Gasteiger partial charge is 0.493 e. The van der Waals surface area contributed by atoms with Gasteiger partial charge in [-0.3, -0.25) is 4.90 Å². The summed E-state index contributed by atoms with van der Waals surface area (Å²) in [4.78, 5) is 1.72. The number of piperazine rings is 1. The quantitative estimate of drug-likeness (QED) is 0.810. The van der Waals surface area contributed by atoms with Crippen LogP contribution in [0.5, 0.6) is 5.75 Å². The number of nitrogens with one attached hydrogen (secondary N) is 1. The maximum Gasteiger partial charge on any atom is 0.390 e. The van der Waals surface area contributed by atoms with Gasteiger partial charge in [-0.15, -0.1) is 24.8 Å². The van der Waals surface area contributed by atoms with Crippen molar-refractivity contribution in [3.63, 3.8) is 0 Å². The maximum atomic E-state index is 13.8. The van der Waals surface area contributed by atoms with E-state index in [1.807, 2.05) is 0 Å². The first-order chi connectivity index (χ1) is 9.92. The third kappa shape index (κ3) is 5.99. The Morgan fingerprint density at radius 1 is 1.22 bits per heavy atom. The SMILES string of the molecule is COc1c(F)cccc1[C@H](CC(F)(F)F)N1CCNCC1.Cl.Cl. The molecular formula is C14H20Cl2F4N2O. The minimum Gasteiger partial charge on any atom is -0.493 e. The Kier molecular flexibility index (Phi) is 9.20. The topological polar surface area (TPSA) is 24.5 Å². The molecule has 0 radical (unpaired) electrons. The van der Waals surface area contributed by atoms with Gasteiger partial charge in [0.15, 0.2) is 11.6 Å². The van der Waals surface area contributed by atoms with Crippen LogP contribution in [0.25, 0.3) is 0 Å². The maximum absolute atomic E-state index is 13.8. The summed E-state index contributed by atoms with van der Waals surface area (Å²) >= 11 is 0. The number of hydrogen-bond acceptors (Lipinski definition) is 3. The molecule has 1 heterocycles. The molecule has 1 atom stereocenters. The van der Waals surface area contributed by atoms with Crippen LogP contribution in [0.4, 0.5) is 17.6 Å². The molecule has 0 spiro atoms. The Hall–Kier alpha value is -0.760. The van der Waals surface area contributed by atoms with E-state index in [1.165, 1.54) is 25.3 Å². The Balaban J connectivity index is 0.00000242. The van der Waals surface area contributed by atoms with E-state index in [0.29, 0.717) is 26.2 Å². The third-order valence-electron chi connectivity index (χ3n) is 3.58. The van der Waals surface area contributed by atoms with E-state index in [9.17, 15) is 17.6 Å². The normalized spacial score (nSPS) is 16.9. The molecule has 1 aliphatic rings. The first-order valence-electron chi connectivity index (χ1n) is 6.76. The van der Waals surface area contributed by atoms with Crippen LogP contribution >= 0.6 is 24.8 Å². The highest BCUT2D eigenvalue weighted by Crippen LogP contribution is 2.38. The van der Waals surface area contributed by atoms with Crippen molar-refractivity contribution in [3.8, 4) is 5.75 Å². The molecular weight excluding hydrogens is 359 g/mol. The van der Waals surface area contributed by atoms with E-state index in [1.54, 1.807) is 4.90 Å². The van der Waals surface area contributed by atoms with Crippen molar-refractivity contribution in [3.05, 3.63) is 29.6 Å². The van der Waals surface area contributed by atoms with Gasteiger partial charge in [0.05, 0.1) is 13.5 Å². The monoisotopic (exact) mass is 378 g/mol. The highest BCUT2D eigenvalue weighted by molar-refractivity contribution is 5.85. The zero-order valence-corrected chi connectivity index (χ0v) is 14.2. The van der Waals surface area contributed by atoms with Crippen molar-refractivity contribution >= 4 is 24.8 Å². The Morgan fingerprint density at radius 3 is 2.35 bits per heavy atom. The molecule has 1 aromatic rings. The lowest BCUT2D eigenvalue weighted by molar-refractivity contribution is -0.148. The zero-order chi connectivity index (χ0) is 15.5. The number of halogens is 6. The van der Waals surface area contributed by atoms with Crippen molar-refractivity contribution in [1.29, 1.82) is 0 Å². The Labute approximate surface area is 145 Å². The molecule has 1 aromatic carbocycles. The fourth-order valence-electron chi connectivity index (χ4n) is 2.65. The number of benzene rings is 1. The van der Waals surface area contributed by atoms with E-state index in [2.05, 4.69) is 5.32 Å². The smallest absolute Gasteiger partial charge is 0.390 e. The van der Waals surface area contributed by atoms with Gasteiger partial charge in [0.25, 0.3) is 0 Å². The van der Waals surface area contributed by atoms with Gasteiger partial charge in [-0.25, -0.2) is 4.39 Å². The van der Waals surface area contributed by atoms with Crippen LogP contribution in [0.1, 0.15) is 18.0 Å². The molecule has 0 saturated carbocycles. The van der Waals surface area contributed by atoms with Crippen molar-refractivity contribution in [1.82, 2.24) is 10.2 Å². The molecule has 23 heavy (non-hydrogen) atoms. The van der Waals surface area contributed by atoms with Gasteiger partial charge < -0.3 is 10.1 Å². The molecule has 1 aliphatic heterocycles. The average molecular weight is 379 g/mol. The summed E-state index contributed by atoms with van der Waals surface area (Å²) in [5.41, 5.74) is 0.247. The van der Waals surface area contributed by atoms with Crippen LogP contribution in [-0.2, 0) is 0 Å². The number of methoxy groups -OCH3 is 1. The first-order valence-corrected chi connectivity index (χ1v) is 6.76. The highest BCUT2D eigenvalue weighted by Gasteiger charge is 2.37. The molecule has 134 valence electrons. The summed E-state index contributed by atoms with van der Waals surface area (Å²) in [5.74, 6) is -0.748. The summed E-state index contributed by atoms with van der Waals surface area (Å²) in [6, 6.07) is 3.17. The predicted octanol–water partition coefficient (Wildman–Crippen LogP) is 3.58. The molecule has 9 heteroatoms. The van der Waals surface area contributed by atoms with Gasteiger partial charge in [0.2, 0.25) is 0 Å². The van der Waals surface area contributed by atoms with Crippen molar-refractivity contribution in [2.24, 2.45) is 0 Å². The minimum atomic E-state index is -4.33. The molecule has 1 saturated heterocycles. The van der Waals surface area contributed by atoms with Crippen LogP contribution < -0.4 is 10.1 Å². The van der Waals surface area contributed by atoms with Crippen LogP contribution in [0, 0.1) is 5.82 Å². The molecule has 0 unspecified atom stereocenters. The van der Waals surface area contributed by atoms with E-state index in [-0.39, 0.29) is 36.1 Å². The number of para-hydroxylation sites is 1. The van der Waals surface area contributed by atoms with Crippen LogP contribution in [0.3, 0.4) is 0 Å². The second kappa shape index (κ2) is 9.52. The van der Waals surface area contributed by atoms with Crippen LogP contribution in [-0.4, -0.2) is 44.4 Å². The predicted molar refractivity (Wildman–Crippen MR) is 85.3 cm³/mol. The van der Waals surface area contributed by atoms with E-state index < -0.39 is 24.5 Å². The van der Waals surface area contributed by atoms with Crippen LogP contribution in [0.15, 0.2) is 18.2 Å². The summed E-state index contributed by atoms with van der Waals surface area (Å²) in [7, 11) is 1.27. The molecule has 1 N–H and O–H groups in total. The Bertz CT molecular complexity index is 482. The fourth-order valence-corrected chi connectivity index (χ4v) is 2.65. The van der Waals surface area contributed by atoms with E-state index in [4.69, 9.17) is 4.74 Å². The van der Waals surface area contributed by atoms with Gasteiger partial charge in [0, 0.05) is 37.8 Å². The molecule has 3 nitrogen and oxygen atoms in total. The lowest BCUT2D eigenvalue weighted by Crippen LogP contribution is -2.46. The molecule has 2 rings (SSSR count). The molecule has 0 aliphatic carbocycles. The van der Waals surface area contributed by atoms with Gasteiger partial charge in [-0.05, 0) is 6.07 Å².